The van der Waals surface area contributed by atoms with E-state index in [2.05, 4.69) is 62.5 Å². The second-order valence-electron chi connectivity index (χ2n) is 15.0. The first-order chi connectivity index (χ1) is 25.1. The molecule has 0 rings (SSSR count). The van der Waals surface area contributed by atoms with Crippen molar-refractivity contribution in [2.45, 2.75) is 168 Å². The van der Waals surface area contributed by atoms with Crippen LogP contribution in [-0.4, -0.2) is 70.7 Å². The van der Waals surface area contributed by atoms with Gasteiger partial charge in [0, 0.05) is 13.0 Å². The quantitative estimate of drug-likeness (QED) is 0.0204. The van der Waals surface area contributed by atoms with E-state index in [0.717, 1.165) is 77.0 Å². The molecule has 0 aromatic heterocycles. The van der Waals surface area contributed by atoms with E-state index in [1.165, 1.54) is 64.2 Å². The summed E-state index contributed by atoms with van der Waals surface area (Å²) in [4.78, 5) is 25.0. The summed E-state index contributed by atoms with van der Waals surface area (Å²) in [5.74, 6) is -0.350. The van der Waals surface area contributed by atoms with E-state index in [1.54, 1.807) is 0 Å². The maximum absolute atomic E-state index is 12.6. The summed E-state index contributed by atoms with van der Waals surface area (Å²) in [6.45, 7) is 5.24. The largest absolute Gasteiger partial charge is 0.756 e. The number of allylic oxidation sites excluding steroid dienone is 8. The highest BCUT2D eigenvalue weighted by atomic mass is 31.2. The van der Waals surface area contributed by atoms with Gasteiger partial charge in [0.25, 0.3) is 7.82 Å². The lowest BCUT2D eigenvalue weighted by molar-refractivity contribution is -0.870. The minimum atomic E-state index is -4.53. The molecule has 2 atom stereocenters. The van der Waals surface area contributed by atoms with Crippen LogP contribution < -0.4 is 4.89 Å². The van der Waals surface area contributed by atoms with E-state index in [9.17, 15) is 14.3 Å². The first kappa shape index (κ1) is 50.5. The van der Waals surface area contributed by atoms with Gasteiger partial charge in [-0.15, -0.1) is 0 Å². The fraction of sp³-hybridized carbons (Fsp3) is 0.791. The average Bonchev–Trinajstić information content (AvgIpc) is 3.09. The highest BCUT2D eigenvalue weighted by Gasteiger charge is 2.20. The van der Waals surface area contributed by atoms with Crippen LogP contribution in [0.3, 0.4) is 0 Å². The van der Waals surface area contributed by atoms with E-state index in [4.69, 9.17) is 18.5 Å². The van der Waals surface area contributed by atoms with Crippen LogP contribution in [0, 0.1) is 0 Å². The van der Waals surface area contributed by atoms with E-state index < -0.39 is 13.9 Å². The molecule has 9 heteroatoms. The third-order valence-corrected chi connectivity index (χ3v) is 9.58. The summed E-state index contributed by atoms with van der Waals surface area (Å²) < 4.78 is 34.5. The SMILES string of the molecule is CC/C=C\C/C=C\C/C=C\CCCCCCCCOCC(COP(=O)([O-])OCC[N+](C)(C)C)OC(=O)CCCCCCC/C=C\CCCCCCC. The minimum absolute atomic E-state index is 0.0202. The number of rotatable bonds is 38. The van der Waals surface area contributed by atoms with E-state index in [1.807, 2.05) is 21.1 Å². The van der Waals surface area contributed by atoms with Crippen LogP contribution in [0.25, 0.3) is 0 Å². The van der Waals surface area contributed by atoms with Gasteiger partial charge in [0.15, 0.2) is 0 Å². The zero-order valence-corrected chi connectivity index (χ0v) is 35.1. The molecule has 0 aliphatic carbocycles. The van der Waals surface area contributed by atoms with Crippen LogP contribution in [0.5, 0.6) is 0 Å². The Morgan fingerprint density at radius 1 is 0.615 bits per heavy atom. The van der Waals surface area contributed by atoms with Crippen molar-refractivity contribution in [1.29, 1.82) is 0 Å². The lowest BCUT2D eigenvalue weighted by atomic mass is 10.1. The molecule has 0 amide bonds. The maximum Gasteiger partial charge on any atom is 0.306 e. The summed E-state index contributed by atoms with van der Waals surface area (Å²) in [6, 6.07) is 0. The molecule has 0 N–H and O–H groups in total. The van der Waals surface area contributed by atoms with Gasteiger partial charge < -0.3 is 27.9 Å². The molecule has 2 unspecified atom stereocenters. The van der Waals surface area contributed by atoms with Gasteiger partial charge in [0.1, 0.15) is 19.3 Å². The van der Waals surface area contributed by atoms with Crippen molar-refractivity contribution >= 4 is 13.8 Å². The second-order valence-corrected chi connectivity index (χ2v) is 16.4. The first-order valence-corrected chi connectivity index (χ1v) is 22.3. The Bertz CT molecular complexity index is 973. The first-order valence-electron chi connectivity index (χ1n) is 20.9. The highest BCUT2D eigenvalue weighted by Crippen LogP contribution is 2.38. The Morgan fingerprint density at radius 2 is 1.12 bits per heavy atom. The van der Waals surface area contributed by atoms with Crippen molar-refractivity contribution in [3.63, 3.8) is 0 Å². The highest BCUT2D eigenvalue weighted by molar-refractivity contribution is 7.45. The minimum Gasteiger partial charge on any atom is -0.756 e. The Hall–Kier alpha value is -1.54. The van der Waals surface area contributed by atoms with Gasteiger partial charge in [-0.2, -0.15) is 0 Å². The maximum atomic E-state index is 12.6. The van der Waals surface area contributed by atoms with Gasteiger partial charge >= 0.3 is 5.97 Å². The number of quaternary nitrogens is 1. The van der Waals surface area contributed by atoms with Crippen LogP contribution in [0.15, 0.2) is 48.6 Å². The molecule has 0 aliphatic heterocycles. The van der Waals surface area contributed by atoms with Crippen molar-refractivity contribution in [3.05, 3.63) is 48.6 Å². The smallest absolute Gasteiger partial charge is 0.306 e. The van der Waals surface area contributed by atoms with Crippen molar-refractivity contribution in [2.75, 3.05) is 54.1 Å². The number of esters is 1. The zero-order chi connectivity index (χ0) is 38.4. The second kappa shape index (κ2) is 36.4. The number of phosphoric ester groups is 1. The molecule has 304 valence electrons. The number of hydrogen-bond acceptors (Lipinski definition) is 7. The van der Waals surface area contributed by atoms with Crippen molar-refractivity contribution < 1.29 is 37.3 Å². The fourth-order valence-corrected chi connectivity index (χ4v) is 6.11. The monoisotopic (exact) mass is 754 g/mol. The molecule has 0 aromatic carbocycles. The Labute approximate surface area is 320 Å². The molecule has 0 aromatic rings. The predicted molar refractivity (Wildman–Crippen MR) is 217 cm³/mol. The van der Waals surface area contributed by atoms with Crippen LogP contribution >= 0.6 is 7.82 Å². The van der Waals surface area contributed by atoms with E-state index in [0.29, 0.717) is 24.1 Å². The van der Waals surface area contributed by atoms with Crippen LogP contribution in [0.1, 0.15) is 162 Å². The standard InChI is InChI=1S/C43H80NO7P/c1-6-8-10-12-14-16-18-20-22-23-25-27-29-31-33-35-38-48-40-42(41-50-52(46,47)49-39-37-44(3,4)5)51-43(45)36-34-32-30-28-26-24-21-19-17-15-13-11-9-7-2/h8,10,14,16,19-22,42H,6-7,9,11-13,15,17-18,23-41H2,1-5H3/b10-8-,16-14-,21-19-,22-20-. The third kappa shape index (κ3) is 39.7. The number of ether oxygens (including phenoxy) is 2. The number of carbonyl (C=O) groups is 1. The summed E-state index contributed by atoms with van der Waals surface area (Å²) in [6.07, 6.45) is 42.6. The summed E-state index contributed by atoms with van der Waals surface area (Å²) in [5, 5.41) is 0. The molecule has 0 heterocycles. The number of likely N-dealkylation sites (N-methyl/N-ethyl adjacent to an activating group) is 1. The Balaban J connectivity index is 4.30. The van der Waals surface area contributed by atoms with Crippen LogP contribution in [0.2, 0.25) is 0 Å². The van der Waals surface area contributed by atoms with Crippen LogP contribution in [-0.2, 0) is 27.9 Å². The number of nitrogens with zero attached hydrogens (tertiary/aromatic N) is 1. The van der Waals surface area contributed by atoms with E-state index in [-0.39, 0.29) is 25.8 Å². The fourth-order valence-electron chi connectivity index (χ4n) is 5.38. The molecule has 0 bridgehead atoms. The Kier molecular flexibility index (Phi) is 35.4. The predicted octanol–water partition coefficient (Wildman–Crippen LogP) is 11.4. The number of phosphoric acid groups is 1. The molecular formula is C43H80NO7P. The summed E-state index contributed by atoms with van der Waals surface area (Å²) in [5.41, 5.74) is 0. The van der Waals surface area contributed by atoms with Crippen molar-refractivity contribution in [1.82, 2.24) is 0 Å². The van der Waals surface area contributed by atoms with Crippen LogP contribution in [0.4, 0.5) is 0 Å². The van der Waals surface area contributed by atoms with Gasteiger partial charge in [-0.3, -0.25) is 9.36 Å². The molecule has 0 saturated heterocycles. The molecule has 0 spiro atoms. The summed E-state index contributed by atoms with van der Waals surface area (Å²) in [7, 11) is 1.33. The van der Waals surface area contributed by atoms with Gasteiger partial charge in [-0.1, -0.05) is 133 Å². The molecule has 0 saturated carbocycles. The Morgan fingerprint density at radius 3 is 1.69 bits per heavy atom. The molecule has 0 fully saturated rings. The normalized spacial score (nSPS) is 14.3. The molecule has 0 aliphatic rings. The van der Waals surface area contributed by atoms with Gasteiger partial charge in [-0.25, -0.2) is 0 Å². The molecule has 8 nitrogen and oxygen atoms in total. The van der Waals surface area contributed by atoms with E-state index >= 15 is 0 Å². The lowest BCUT2D eigenvalue weighted by Gasteiger charge is -2.28. The molecule has 52 heavy (non-hydrogen) atoms. The van der Waals surface area contributed by atoms with Crippen molar-refractivity contribution in [3.8, 4) is 0 Å². The zero-order valence-electron chi connectivity index (χ0n) is 34.2. The average molecular weight is 754 g/mol. The van der Waals surface area contributed by atoms with Gasteiger partial charge in [0.2, 0.25) is 0 Å². The molecular weight excluding hydrogens is 673 g/mol. The van der Waals surface area contributed by atoms with Crippen molar-refractivity contribution in [2.24, 2.45) is 0 Å². The summed E-state index contributed by atoms with van der Waals surface area (Å²) >= 11 is 0. The number of hydrogen-bond donors (Lipinski definition) is 0. The lowest BCUT2D eigenvalue weighted by Crippen LogP contribution is -2.37. The topological polar surface area (TPSA) is 94.1 Å². The van der Waals surface area contributed by atoms with Gasteiger partial charge in [0.05, 0.1) is 34.4 Å². The van der Waals surface area contributed by atoms with Gasteiger partial charge in [-0.05, 0) is 70.6 Å². The number of carbonyl (C=O) groups excluding carboxylic acids is 1. The molecule has 0 radical (unpaired) electrons. The third-order valence-electron chi connectivity index (χ3n) is 8.61. The number of unbranched alkanes of at least 4 members (excludes halogenated alkanes) is 16.